The summed E-state index contributed by atoms with van der Waals surface area (Å²) in [5.74, 6) is 0. The van der Waals surface area contributed by atoms with Gasteiger partial charge in [0.1, 0.15) is 0 Å². The van der Waals surface area contributed by atoms with Crippen LogP contribution in [0.2, 0.25) is 0 Å². The smallest absolute Gasteiger partial charge is 0.0618 e. The van der Waals surface area contributed by atoms with E-state index in [2.05, 4.69) is 127 Å². The number of hydrogen-bond donors (Lipinski definition) is 6. The number of rotatable bonds is 12. The Balaban J connectivity index is 1.06. The zero-order valence-corrected chi connectivity index (χ0v) is 39.2. The van der Waals surface area contributed by atoms with Gasteiger partial charge in [-0.2, -0.15) is 0 Å². The second-order valence-electron chi connectivity index (χ2n) is 17.6. The van der Waals surface area contributed by atoms with E-state index >= 15 is 0 Å². The quantitative estimate of drug-likeness (QED) is 0.0649. The van der Waals surface area contributed by atoms with E-state index in [9.17, 15) is 0 Å². The van der Waals surface area contributed by atoms with Crippen molar-refractivity contribution in [1.29, 1.82) is 32.5 Å². The maximum Gasteiger partial charge on any atom is 0.0618 e. The van der Waals surface area contributed by atoms with E-state index in [4.69, 9.17) is 32.5 Å². The largest absolute Gasteiger partial charge is 0.300 e. The van der Waals surface area contributed by atoms with E-state index in [0.717, 1.165) is 83.5 Å². The number of benzene rings is 7. The van der Waals surface area contributed by atoms with Gasteiger partial charge in [-0.15, -0.1) is 0 Å². The third-order valence-corrected chi connectivity index (χ3v) is 12.9. The van der Waals surface area contributed by atoms with Crippen molar-refractivity contribution in [2.24, 2.45) is 0 Å². The molecule has 10 rings (SSSR count). The average Bonchev–Trinajstić information content (AvgIpc) is 3.42. The zero-order valence-electron chi connectivity index (χ0n) is 39.2. The van der Waals surface area contributed by atoms with Gasteiger partial charge in [0, 0.05) is 16.7 Å². The maximum absolute atomic E-state index is 8.87. The minimum atomic E-state index is 0.339. The molecule has 6 N–H and O–H groups in total. The third-order valence-electron chi connectivity index (χ3n) is 12.9. The molecule has 6 heteroatoms. The van der Waals surface area contributed by atoms with E-state index in [1.165, 1.54) is 0 Å². The maximum atomic E-state index is 8.87. The number of nitrogens with one attached hydrogen (secondary N) is 6. The Hall–Kier alpha value is -9.78. The Morgan fingerprint density at radius 1 is 0.264 bits per heavy atom. The highest BCUT2D eigenvalue weighted by molar-refractivity contribution is 6.19. The highest BCUT2D eigenvalue weighted by Gasteiger charge is 2.17. The molecule has 0 radical (unpaired) electrons. The lowest BCUT2D eigenvalue weighted by atomic mass is 9.86. The normalized spacial score (nSPS) is 15.5. The van der Waals surface area contributed by atoms with E-state index < -0.39 is 0 Å². The van der Waals surface area contributed by atoms with E-state index in [1.54, 1.807) is 36.5 Å². The Morgan fingerprint density at radius 2 is 0.486 bits per heavy atom. The van der Waals surface area contributed by atoms with Crippen molar-refractivity contribution in [2.75, 3.05) is 0 Å². The molecule has 3 aliphatic rings. The highest BCUT2D eigenvalue weighted by atomic mass is 14.5. The summed E-state index contributed by atoms with van der Waals surface area (Å²) in [6.07, 6.45) is 27.1. The summed E-state index contributed by atoms with van der Waals surface area (Å²) in [5.41, 5.74) is 19.0. The molecule has 0 fully saturated rings. The van der Waals surface area contributed by atoms with Crippen LogP contribution in [0.15, 0.2) is 272 Å². The van der Waals surface area contributed by atoms with Crippen LogP contribution >= 0.6 is 0 Å². The van der Waals surface area contributed by atoms with Crippen LogP contribution in [0.1, 0.15) is 16.7 Å². The molecule has 0 heterocycles. The van der Waals surface area contributed by atoms with Crippen LogP contribution in [0.3, 0.4) is 0 Å². The van der Waals surface area contributed by atoms with Crippen LogP contribution in [-0.2, 0) is 0 Å². The molecule has 6 nitrogen and oxygen atoms in total. The zero-order chi connectivity index (χ0) is 49.6. The fourth-order valence-corrected chi connectivity index (χ4v) is 9.13. The van der Waals surface area contributed by atoms with Crippen LogP contribution < -0.4 is 0 Å². The summed E-state index contributed by atoms with van der Waals surface area (Å²) in [6, 6.07) is 56.4. The molecule has 0 amide bonds. The Morgan fingerprint density at radius 3 is 0.722 bits per heavy atom. The fourth-order valence-electron chi connectivity index (χ4n) is 9.13. The monoisotopic (exact) mass is 924 g/mol. The van der Waals surface area contributed by atoms with E-state index in [-0.39, 0.29) is 0 Å². The van der Waals surface area contributed by atoms with Gasteiger partial charge in [0.15, 0.2) is 0 Å². The van der Waals surface area contributed by atoms with Gasteiger partial charge in [-0.25, -0.2) is 0 Å². The fraction of sp³-hybridized carbons (Fsp3) is 0. The van der Waals surface area contributed by atoms with Crippen molar-refractivity contribution in [1.82, 2.24) is 0 Å². The van der Waals surface area contributed by atoms with Gasteiger partial charge in [0.05, 0.1) is 34.3 Å². The van der Waals surface area contributed by atoms with Gasteiger partial charge in [0.2, 0.25) is 0 Å². The Bertz CT molecular complexity index is 3290. The molecule has 0 bridgehead atoms. The summed E-state index contributed by atoms with van der Waals surface area (Å²) in [5, 5.41) is 51.5. The molecular weight excluding hydrogens is 877 g/mol. The van der Waals surface area contributed by atoms with Gasteiger partial charge in [0.25, 0.3) is 0 Å². The number of allylic oxidation sites excluding steroid dienone is 18. The standard InChI is InChI=1S/C66H48N6/c67-61-22-10-1-13-49(61)40-64(70)46-31-25-43(26-32-46)55-16-4-7-19-58(55)52-37-53(59-20-8-5-17-56(59)44-27-33-47(34-28-44)65(71)41-50-14-2-11-23-62(50)68)39-54(38-52)60-21-9-6-18-57(60)45-29-35-48(36-30-45)66(72)42-51-15-3-12-24-63(51)69/h1-42,67-72H/b49-40-,50-41-,51-42-,67-61?,68-62?,69-63?,70-64?,71-65?,72-66?. The molecule has 0 unspecified atom stereocenters. The first-order chi connectivity index (χ1) is 35.2. The molecular formula is C66H48N6. The van der Waals surface area contributed by atoms with E-state index in [0.29, 0.717) is 51.0 Å². The van der Waals surface area contributed by atoms with Gasteiger partial charge in [-0.3, -0.25) is 0 Å². The molecule has 342 valence electrons. The minimum Gasteiger partial charge on any atom is -0.300 e. The molecule has 0 aliphatic heterocycles. The van der Waals surface area contributed by atoms with Gasteiger partial charge in [-0.05, 0) is 138 Å². The predicted octanol–water partition coefficient (Wildman–Crippen LogP) is 16.0. The van der Waals surface area contributed by atoms with Crippen molar-refractivity contribution in [3.63, 3.8) is 0 Å². The van der Waals surface area contributed by atoms with Crippen molar-refractivity contribution < 1.29 is 0 Å². The Labute approximate surface area is 419 Å². The van der Waals surface area contributed by atoms with Crippen molar-refractivity contribution in [3.8, 4) is 66.8 Å². The van der Waals surface area contributed by atoms with Gasteiger partial charge >= 0.3 is 0 Å². The topological polar surface area (TPSA) is 143 Å². The van der Waals surface area contributed by atoms with Crippen LogP contribution in [0.25, 0.3) is 66.8 Å². The first kappa shape index (κ1) is 46.0. The predicted molar refractivity (Wildman–Crippen MR) is 302 cm³/mol. The molecule has 0 saturated heterocycles. The van der Waals surface area contributed by atoms with Crippen LogP contribution in [-0.4, -0.2) is 34.3 Å². The molecule has 0 saturated carbocycles. The molecule has 0 aromatic heterocycles. The Kier molecular flexibility index (Phi) is 13.1. The minimum absolute atomic E-state index is 0.339. The van der Waals surface area contributed by atoms with Crippen LogP contribution in [0, 0.1) is 32.5 Å². The first-order valence-electron chi connectivity index (χ1n) is 23.6. The summed E-state index contributed by atoms with van der Waals surface area (Å²) < 4.78 is 0. The lowest BCUT2D eigenvalue weighted by Gasteiger charge is -2.18. The average molecular weight is 925 g/mol. The molecule has 7 aromatic carbocycles. The third kappa shape index (κ3) is 9.88. The van der Waals surface area contributed by atoms with E-state index in [1.807, 2.05) is 91.1 Å². The lowest BCUT2D eigenvalue weighted by Crippen LogP contribution is -2.03. The van der Waals surface area contributed by atoms with Crippen molar-refractivity contribution >= 4 is 34.3 Å². The summed E-state index contributed by atoms with van der Waals surface area (Å²) in [4.78, 5) is 0. The summed E-state index contributed by atoms with van der Waals surface area (Å²) in [7, 11) is 0. The summed E-state index contributed by atoms with van der Waals surface area (Å²) in [6.45, 7) is 0. The molecule has 72 heavy (non-hydrogen) atoms. The first-order valence-corrected chi connectivity index (χ1v) is 23.6. The van der Waals surface area contributed by atoms with Crippen molar-refractivity contribution in [3.05, 3.63) is 288 Å². The van der Waals surface area contributed by atoms with Crippen LogP contribution in [0.5, 0.6) is 0 Å². The molecule has 0 atom stereocenters. The summed E-state index contributed by atoms with van der Waals surface area (Å²) >= 11 is 0. The second kappa shape index (κ2) is 20.4. The molecule has 0 spiro atoms. The van der Waals surface area contributed by atoms with Gasteiger partial charge < -0.3 is 32.5 Å². The van der Waals surface area contributed by atoms with Gasteiger partial charge in [-0.1, -0.05) is 200 Å². The molecule has 7 aromatic rings. The second-order valence-corrected chi connectivity index (χ2v) is 17.6. The number of hydrogen-bond acceptors (Lipinski definition) is 6. The molecule has 3 aliphatic carbocycles. The van der Waals surface area contributed by atoms with Crippen LogP contribution in [0.4, 0.5) is 0 Å². The lowest BCUT2D eigenvalue weighted by molar-refractivity contribution is 1.46. The highest BCUT2D eigenvalue weighted by Crippen LogP contribution is 2.42. The SMILES string of the molecule is N=C1C=CC=C/C1=C/C(=N)c1ccc(-c2ccccc2-c2cc(-c3ccccc3-c3ccc(C(=N)/C=C4/C=CC=CC4=N)cc3)cc(-c3ccccc3-c3ccc(C(=N)/C=C4/C=CC=CC4=N)cc3)c2)cc1. The van der Waals surface area contributed by atoms with Crippen molar-refractivity contribution in [2.45, 2.75) is 0 Å².